The van der Waals surface area contributed by atoms with Crippen molar-refractivity contribution < 1.29 is 8.42 Å². The van der Waals surface area contributed by atoms with E-state index in [2.05, 4.69) is 20.9 Å². The average molecular weight is 300 g/mol. The van der Waals surface area contributed by atoms with Gasteiger partial charge < -0.3 is 0 Å². The van der Waals surface area contributed by atoms with Crippen molar-refractivity contribution in [3.8, 4) is 0 Å². The maximum atomic E-state index is 11.2. The van der Waals surface area contributed by atoms with E-state index in [0.717, 1.165) is 10.6 Å². The Morgan fingerprint density at radius 3 is 2.64 bits per heavy atom. The highest BCUT2D eigenvalue weighted by molar-refractivity contribution is 9.10. The third-order valence-corrected chi connectivity index (χ3v) is 3.54. The first-order chi connectivity index (χ1) is 6.32. The van der Waals surface area contributed by atoms with Crippen LogP contribution in [-0.4, -0.2) is 26.7 Å². The Morgan fingerprint density at radius 1 is 1.57 bits per heavy atom. The Hall–Kier alpha value is -0.330. The Morgan fingerprint density at radius 2 is 2.14 bits per heavy atom. The second kappa shape index (κ2) is 4.04. The minimum atomic E-state index is -3.31. The van der Waals surface area contributed by atoms with Gasteiger partial charge in [-0.25, -0.2) is 13.4 Å². The topological polar surface area (TPSA) is 50.3 Å². The van der Waals surface area contributed by atoms with Gasteiger partial charge in [-0.2, -0.15) is 0 Å². The molecule has 78 valence electrons. The number of hydrogen-bond donors (Lipinski definition) is 0. The number of rotatable bonds is 2. The summed E-state index contributed by atoms with van der Waals surface area (Å²) in [5.41, 5.74) is 0.351. The fourth-order valence-corrected chi connectivity index (χ4v) is 1.91. The molecule has 0 aliphatic carbocycles. The number of aromatic nitrogens is 1. The summed E-state index contributed by atoms with van der Waals surface area (Å²) in [6, 6.07) is 1.59. The Balaban J connectivity index is 3.26. The van der Waals surface area contributed by atoms with E-state index in [-0.39, 0.29) is 5.15 Å². The summed E-state index contributed by atoms with van der Waals surface area (Å²) in [7, 11) is -1.89. The van der Waals surface area contributed by atoms with Gasteiger partial charge in [0, 0.05) is 17.7 Å². The molecule has 1 rings (SSSR count). The van der Waals surface area contributed by atoms with Crippen molar-refractivity contribution in [1.29, 1.82) is 0 Å². The minimum Gasteiger partial charge on any atom is -0.270 e. The normalized spacial score (nSPS) is 11.4. The van der Waals surface area contributed by atoms with Crippen LogP contribution >= 0.6 is 27.5 Å². The third-order valence-electron chi connectivity index (χ3n) is 1.62. The lowest BCUT2D eigenvalue weighted by atomic mass is 10.4. The van der Waals surface area contributed by atoms with Crippen LogP contribution in [0.1, 0.15) is 0 Å². The number of pyridine rings is 1. The predicted octanol–water partition coefficient (Wildman–Crippen LogP) is 1.89. The van der Waals surface area contributed by atoms with Gasteiger partial charge in [0.05, 0.1) is 11.9 Å². The van der Waals surface area contributed by atoms with Crippen molar-refractivity contribution >= 4 is 43.2 Å². The highest BCUT2D eigenvalue weighted by atomic mass is 79.9. The summed E-state index contributed by atoms with van der Waals surface area (Å²) in [4.78, 5) is 3.83. The van der Waals surface area contributed by atoms with E-state index < -0.39 is 10.0 Å². The average Bonchev–Trinajstić information content (AvgIpc) is 2.06. The molecule has 0 spiro atoms. The Kier molecular flexibility index (Phi) is 3.39. The molecule has 0 saturated carbocycles. The first-order valence-electron chi connectivity index (χ1n) is 3.57. The highest BCUT2D eigenvalue weighted by Crippen LogP contribution is 2.27. The van der Waals surface area contributed by atoms with Crippen LogP contribution in [0.4, 0.5) is 5.69 Å². The first kappa shape index (κ1) is 11.7. The van der Waals surface area contributed by atoms with Crippen LogP contribution in [0, 0.1) is 0 Å². The standard InChI is InChI=1S/C7H8BrClN2O2S/c1-11(14(2,12)13)6-3-5(8)4-10-7(6)9/h3-4H,1-2H3. The molecule has 0 saturated heterocycles. The summed E-state index contributed by atoms with van der Waals surface area (Å²) in [6.45, 7) is 0. The van der Waals surface area contributed by atoms with E-state index in [1.165, 1.54) is 13.2 Å². The maximum absolute atomic E-state index is 11.2. The smallest absolute Gasteiger partial charge is 0.232 e. The predicted molar refractivity (Wildman–Crippen MR) is 60.2 cm³/mol. The highest BCUT2D eigenvalue weighted by Gasteiger charge is 2.15. The number of hydrogen-bond acceptors (Lipinski definition) is 3. The Labute approximate surface area is 96.1 Å². The van der Waals surface area contributed by atoms with Gasteiger partial charge in [0.1, 0.15) is 0 Å². The summed E-state index contributed by atoms with van der Waals surface area (Å²) in [5, 5.41) is 0.154. The molecular weight excluding hydrogens is 292 g/mol. The molecule has 0 aliphatic rings. The second-order valence-electron chi connectivity index (χ2n) is 2.69. The summed E-state index contributed by atoms with van der Waals surface area (Å²) in [6.07, 6.45) is 2.60. The van der Waals surface area contributed by atoms with E-state index in [9.17, 15) is 8.42 Å². The fraction of sp³-hybridized carbons (Fsp3) is 0.286. The van der Waals surface area contributed by atoms with Crippen molar-refractivity contribution in [1.82, 2.24) is 4.98 Å². The molecule has 0 atom stereocenters. The SMILES string of the molecule is CN(c1cc(Br)cnc1Cl)S(C)(=O)=O. The zero-order chi connectivity index (χ0) is 10.9. The molecule has 0 aromatic carbocycles. The summed E-state index contributed by atoms with van der Waals surface area (Å²) < 4.78 is 24.2. The number of nitrogens with zero attached hydrogens (tertiary/aromatic N) is 2. The summed E-state index contributed by atoms with van der Waals surface area (Å²) in [5.74, 6) is 0. The van der Waals surface area contributed by atoms with E-state index in [0.29, 0.717) is 10.2 Å². The van der Waals surface area contributed by atoms with Gasteiger partial charge in [0.15, 0.2) is 5.15 Å². The van der Waals surface area contributed by atoms with Crippen LogP contribution in [0.2, 0.25) is 5.15 Å². The summed E-state index contributed by atoms with van der Waals surface area (Å²) >= 11 is 8.95. The van der Waals surface area contributed by atoms with Crippen molar-refractivity contribution in [2.24, 2.45) is 0 Å². The molecule has 0 aliphatic heterocycles. The molecular formula is C7H8BrClN2O2S. The molecule has 7 heteroatoms. The van der Waals surface area contributed by atoms with Gasteiger partial charge in [-0.15, -0.1) is 0 Å². The Bertz CT molecular complexity index is 449. The van der Waals surface area contributed by atoms with E-state index in [1.807, 2.05) is 0 Å². The lowest BCUT2D eigenvalue weighted by Crippen LogP contribution is -2.25. The van der Waals surface area contributed by atoms with Crippen molar-refractivity contribution in [2.75, 3.05) is 17.6 Å². The van der Waals surface area contributed by atoms with Crippen LogP contribution in [0.5, 0.6) is 0 Å². The largest absolute Gasteiger partial charge is 0.270 e. The van der Waals surface area contributed by atoms with Crippen LogP contribution < -0.4 is 4.31 Å². The fourth-order valence-electron chi connectivity index (χ4n) is 0.811. The number of halogens is 2. The number of anilines is 1. The van der Waals surface area contributed by atoms with Crippen molar-refractivity contribution in [2.45, 2.75) is 0 Å². The van der Waals surface area contributed by atoms with E-state index in [1.54, 1.807) is 6.07 Å². The van der Waals surface area contributed by atoms with Gasteiger partial charge in [0.2, 0.25) is 10.0 Å². The molecule has 0 fully saturated rings. The van der Waals surface area contributed by atoms with Crippen molar-refractivity contribution in [3.05, 3.63) is 21.9 Å². The van der Waals surface area contributed by atoms with Crippen LogP contribution in [0.25, 0.3) is 0 Å². The monoisotopic (exact) mass is 298 g/mol. The van der Waals surface area contributed by atoms with Gasteiger partial charge in [-0.3, -0.25) is 4.31 Å². The molecule has 1 aromatic rings. The van der Waals surface area contributed by atoms with Crippen molar-refractivity contribution in [3.63, 3.8) is 0 Å². The van der Waals surface area contributed by atoms with Crippen LogP contribution in [0.3, 0.4) is 0 Å². The molecule has 1 heterocycles. The van der Waals surface area contributed by atoms with E-state index >= 15 is 0 Å². The minimum absolute atomic E-state index is 0.154. The zero-order valence-electron chi connectivity index (χ0n) is 7.53. The number of sulfonamides is 1. The van der Waals surface area contributed by atoms with Gasteiger partial charge in [-0.1, -0.05) is 11.6 Å². The lowest BCUT2D eigenvalue weighted by molar-refractivity contribution is 0.600. The molecule has 0 unspecified atom stereocenters. The molecule has 0 bridgehead atoms. The third kappa shape index (κ3) is 2.59. The van der Waals surface area contributed by atoms with Crippen LogP contribution in [0.15, 0.2) is 16.7 Å². The van der Waals surface area contributed by atoms with Gasteiger partial charge in [0.25, 0.3) is 0 Å². The van der Waals surface area contributed by atoms with Crippen LogP contribution in [-0.2, 0) is 10.0 Å². The van der Waals surface area contributed by atoms with Gasteiger partial charge in [-0.05, 0) is 22.0 Å². The quantitative estimate of drug-likeness (QED) is 0.784. The lowest BCUT2D eigenvalue weighted by Gasteiger charge is -2.17. The molecule has 0 radical (unpaired) electrons. The second-order valence-corrected chi connectivity index (χ2v) is 5.98. The van der Waals surface area contributed by atoms with E-state index in [4.69, 9.17) is 11.6 Å². The maximum Gasteiger partial charge on any atom is 0.232 e. The first-order valence-corrected chi connectivity index (χ1v) is 6.59. The molecule has 0 amide bonds. The zero-order valence-corrected chi connectivity index (χ0v) is 10.7. The van der Waals surface area contributed by atoms with Gasteiger partial charge >= 0.3 is 0 Å². The molecule has 0 N–H and O–H groups in total. The molecule has 1 aromatic heterocycles. The molecule has 14 heavy (non-hydrogen) atoms. The molecule has 4 nitrogen and oxygen atoms in total.